The number of benzene rings is 5. The molecule has 54 heavy (non-hydrogen) atoms. The second-order valence-electron chi connectivity index (χ2n) is 15.4. The number of hydrogen-bond acceptors (Lipinski definition) is 6. The molecular weight excluding hydrogens is 673 g/mol. The molecule has 0 saturated carbocycles. The Kier molecular flexibility index (Phi) is 7.85. The number of anilines is 2. The van der Waals surface area contributed by atoms with Gasteiger partial charge in [0.2, 0.25) is 0 Å². The number of amides is 2. The lowest BCUT2D eigenvalue weighted by atomic mass is 9.69. The van der Waals surface area contributed by atoms with Crippen LogP contribution < -0.4 is 9.80 Å². The number of carbonyl (C=O) groups excluding carboxylic acids is 4. The van der Waals surface area contributed by atoms with Gasteiger partial charge in [-0.25, -0.2) is 0 Å². The molecule has 0 aliphatic carbocycles. The highest BCUT2D eigenvalue weighted by Gasteiger charge is 2.67. The molecule has 2 fully saturated rings. The van der Waals surface area contributed by atoms with Crippen LogP contribution in [-0.4, -0.2) is 74.5 Å². The molecule has 0 radical (unpaired) electrons. The smallest absolute Gasteiger partial charge is 0.252 e. The van der Waals surface area contributed by atoms with E-state index in [0.717, 1.165) is 33.6 Å². The number of ketones is 2. The van der Waals surface area contributed by atoms with Gasteiger partial charge in [0.1, 0.15) is 11.1 Å². The molecule has 2 spiro atoms. The number of likely N-dealkylation sites (tertiary alicyclic amines) is 2. The minimum Gasteiger partial charge on any atom is -0.313 e. The lowest BCUT2D eigenvalue weighted by molar-refractivity contribution is -0.129. The van der Waals surface area contributed by atoms with Crippen molar-refractivity contribution in [2.75, 3.05) is 51.1 Å². The number of nitrogens with zero attached hydrogens (tertiary/aromatic N) is 4. The first kappa shape index (κ1) is 34.1. The van der Waals surface area contributed by atoms with Crippen LogP contribution in [0.1, 0.15) is 54.8 Å². The van der Waals surface area contributed by atoms with Crippen molar-refractivity contribution in [2.45, 2.75) is 22.9 Å². The van der Waals surface area contributed by atoms with E-state index in [-0.39, 0.29) is 35.2 Å². The van der Waals surface area contributed by atoms with Gasteiger partial charge < -0.3 is 9.80 Å². The molecule has 2 saturated heterocycles. The van der Waals surface area contributed by atoms with E-state index < -0.39 is 22.9 Å². The fourth-order valence-electron chi connectivity index (χ4n) is 10.5. The van der Waals surface area contributed by atoms with Crippen molar-refractivity contribution in [2.24, 2.45) is 11.8 Å². The summed E-state index contributed by atoms with van der Waals surface area (Å²) >= 11 is 0. The Morgan fingerprint density at radius 3 is 1.19 bits per heavy atom. The highest BCUT2D eigenvalue weighted by molar-refractivity contribution is 6.14. The SMILES string of the molecule is CN1C(=O)C2(c3ccccc31)C(C(=O)c1ccccc1)C(c1ccc(C3CN(C)C4(C(=O)N(C)c5ccccc54)C3C(=O)c3ccccc3)cc1)CN2C. The van der Waals surface area contributed by atoms with Crippen LogP contribution in [0.4, 0.5) is 11.4 Å². The maximum absolute atomic E-state index is 14.8. The third-order valence-corrected chi connectivity index (χ3v) is 12.9. The monoisotopic (exact) mass is 714 g/mol. The predicted molar refractivity (Wildman–Crippen MR) is 209 cm³/mol. The summed E-state index contributed by atoms with van der Waals surface area (Å²) in [6.45, 7) is 0.997. The van der Waals surface area contributed by atoms with Crippen molar-refractivity contribution in [1.82, 2.24) is 9.80 Å². The van der Waals surface area contributed by atoms with Crippen LogP contribution in [0.3, 0.4) is 0 Å². The first-order valence-corrected chi connectivity index (χ1v) is 18.6. The summed E-state index contributed by atoms with van der Waals surface area (Å²) in [6.07, 6.45) is 0. The summed E-state index contributed by atoms with van der Waals surface area (Å²) in [5, 5.41) is 0. The average molecular weight is 715 g/mol. The van der Waals surface area contributed by atoms with Gasteiger partial charge in [-0.1, -0.05) is 121 Å². The van der Waals surface area contributed by atoms with Crippen molar-refractivity contribution in [3.8, 4) is 0 Å². The first-order chi connectivity index (χ1) is 26.1. The van der Waals surface area contributed by atoms with Crippen LogP contribution in [0.25, 0.3) is 0 Å². The zero-order valence-electron chi connectivity index (χ0n) is 30.8. The number of para-hydroxylation sites is 2. The molecule has 5 aromatic carbocycles. The fourth-order valence-corrected chi connectivity index (χ4v) is 10.5. The average Bonchev–Trinajstić information content (AvgIpc) is 3.85. The van der Waals surface area contributed by atoms with E-state index >= 15 is 0 Å². The van der Waals surface area contributed by atoms with Crippen molar-refractivity contribution >= 4 is 34.8 Å². The lowest BCUT2D eigenvalue weighted by Crippen LogP contribution is -2.53. The van der Waals surface area contributed by atoms with Crippen LogP contribution in [0, 0.1) is 11.8 Å². The van der Waals surface area contributed by atoms with Crippen molar-refractivity contribution in [1.29, 1.82) is 0 Å². The van der Waals surface area contributed by atoms with Crippen molar-refractivity contribution < 1.29 is 19.2 Å². The van der Waals surface area contributed by atoms with Gasteiger partial charge >= 0.3 is 0 Å². The van der Waals surface area contributed by atoms with Crippen molar-refractivity contribution in [3.05, 3.63) is 167 Å². The third kappa shape index (κ3) is 4.44. The molecule has 270 valence electrons. The molecule has 5 aromatic rings. The Balaban J connectivity index is 1.15. The number of carbonyl (C=O) groups is 4. The molecule has 2 amide bonds. The molecule has 8 nitrogen and oxygen atoms in total. The van der Waals surface area contributed by atoms with E-state index in [1.54, 1.807) is 23.9 Å². The summed E-state index contributed by atoms with van der Waals surface area (Å²) in [5.41, 5.74) is 4.05. The van der Waals surface area contributed by atoms with Gasteiger partial charge in [0.05, 0.1) is 11.8 Å². The summed E-state index contributed by atoms with van der Waals surface area (Å²) in [5.74, 6) is -2.31. The Labute approximate surface area is 315 Å². The molecule has 0 bridgehead atoms. The van der Waals surface area contributed by atoms with Gasteiger partial charge in [-0.05, 0) is 37.4 Å². The topological polar surface area (TPSA) is 81.2 Å². The Bertz CT molecular complexity index is 2160. The van der Waals surface area contributed by atoms with Gasteiger partial charge in [0.25, 0.3) is 11.8 Å². The molecule has 6 atom stereocenters. The molecule has 6 unspecified atom stereocenters. The quantitative estimate of drug-likeness (QED) is 0.187. The molecule has 9 rings (SSSR count). The maximum atomic E-state index is 14.8. The van der Waals surface area contributed by atoms with Gasteiger partial charge in [-0.3, -0.25) is 29.0 Å². The molecule has 0 aromatic heterocycles. The van der Waals surface area contributed by atoms with Crippen LogP contribution in [-0.2, 0) is 20.7 Å². The molecule has 4 heterocycles. The lowest BCUT2D eigenvalue weighted by Gasteiger charge is -2.36. The highest BCUT2D eigenvalue weighted by atomic mass is 16.2. The van der Waals surface area contributed by atoms with Gasteiger partial charge in [0.15, 0.2) is 11.6 Å². The van der Waals surface area contributed by atoms with E-state index in [1.165, 1.54) is 0 Å². The number of rotatable bonds is 6. The Morgan fingerprint density at radius 1 is 0.481 bits per heavy atom. The normalized spacial score (nSPS) is 27.6. The second kappa shape index (κ2) is 12.4. The second-order valence-corrected chi connectivity index (χ2v) is 15.4. The summed E-state index contributed by atoms with van der Waals surface area (Å²) in [6, 6.07) is 42.5. The van der Waals surface area contributed by atoms with Gasteiger partial charge in [0, 0.05) is 72.6 Å². The van der Waals surface area contributed by atoms with Gasteiger partial charge in [-0.2, -0.15) is 0 Å². The molecule has 0 N–H and O–H groups in total. The van der Waals surface area contributed by atoms with Crippen LogP contribution in [0.2, 0.25) is 0 Å². The van der Waals surface area contributed by atoms with E-state index in [9.17, 15) is 19.2 Å². The van der Waals surface area contributed by atoms with E-state index in [4.69, 9.17) is 0 Å². The standard InChI is InChI=1S/C46H42N4O4/c1-47-27-33(39(41(51)31-15-7-5-8-16-31)45(47)35-19-11-13-21-37(35)49(3)43(45)53)29-23-25-30(26-24-29)34-28-48(2)46(40(34)42(52)32-17-9-6-10-18-32)36-20-12-14-22-38(36)50(4)44(46)54/h5-26,33-34,39-40H,27-28H2,1-4H3. The van der Waals surface area contributed by atoms with E-state index in [0.29, 0.717) is 24.2 Å². The summed E-state index contributed by atoms with van der Waals surface area (Å²) < 4.78 is 0. The zero-order valence-corrected chi connectivity index (χ0v) is 30.8. The van der Waals surface area contributed by atoms with Crippen LogP contribution in [0.15, 0.2) is 133 Å². The third-order valence-electron chi connectivity index (χ3n) is 12.9. The molecule has 8 heteroatoms. The largest absolute Gasteiger partial charge is 0.313 e. The summed E-state index contributed by atoms with van der Waals surface area (Å²) in [4.78, 5) is 66.2. The Morgan fingerprint density at radius 2 is 0.815 bits per heavy atom. The molecule has 4 aliphatic rings. The molecule has 4 aliphatic heterocycles. The predicted octanol–water partition coefficient (Wildman–Crippen LogP) is 6.49. The molecular formula is C46H42N4O4. The van der Waals surface area contributed by atoms with E-state index in [2.05, 4.69) is 34.1 Å². The maximum Gasteiger partial charge on any atom is 0.252 e. The van der Waals surface area contributed by atoms with Gasteiger partial charge in [-0.15, -0.1) is 0 Å². The fraction of sp³-hybridized carbons (Fsp3) is 0.261. The van der Waals surface area contributed by atoms with Crippen LogP contribution >= 0.6 is 0 Å². The first-order valence-electron chi connectivity index (χ1n) is 18.6. The minimum absolute atomic E-state index is 0.0668. The Hall–Kier alpha value is -5.70. The number of Topliss-reactive ketones (excluding diaryl/α,β-unsaturated/α-hetero) is 2. The van der Waals surface area contributed by atoms with Crippen molar-refractivity contribution in [3.63, 3.8) is 0 Å². The van der Waals surface area contributed by atoms with Crippen LogP contribution in [0.5, 0.6) is 0 Å². The number of fused-ring (bicyclic) bond motifs is 4. The number of hydrogen-bond donors (Lipinski definition) is 0. The highest BCUT2D eigenvalue weighted by Crippen LogP contribution is 2.59. The minimum atomic E-state index is -1.17. The zero-order chi connectivity index (χ0) is 37.5. The van der Waals surface area contributed by atoms with E-state index in [1.807, 2.05) is 123 Å². The summed E-state index contributed by atoms with van der Waals surface area (Å²) in [7, 11) is 7.49. The number of likely N-dealkylation sites (N-methyl/N-ethyl adjacent to an activating group) is 4.